The molecule has 60 heavy (non-hydrogen) atoms. The second-order valence-corrected chi connectivity index (χ2v) is 13.7. The first-order valence-electron chi connectivity index (χ1n) is 18.6. The topological polar surface area (TPSA) is 189 Å². The largest absolute Gasteiger partial charge is 0.456 e. The lowest BCUT2D eigenvalue weighted by molar-refractivity contribution is 0.649. The molecule has 8 aromatic heterocycles. The molecule has 0 spiro atoms. The molecule has 0 amide bonds. The smallest absolute Gasteiger partial charge is 0.204 e. The second kappa shape index (κ2) is 14.0. The van der Waals surface area contributed by atoms with Gasteiger partial charge in [0.2, 0.25) is 10.9 Å². The first-order valence-corrected chi connectivity index (χ1v) is 18.6. The zero-order chi connectivity index (χ0) is 40.2. The summed E-state index contributed by atoms with van der Waals surface area (Å²) >= 11 is 0. The van der Waals surface area contributed by atoms with Crippen LogP contribution in [0.5, 0.6) is 0 Å². The summed E-state index contributed by atoms with van der Waals surface area (Å²) < 4.78 is 12.7. The van der Waals surface area contributed by atoms with Gasteiger partial charge in [0, 0.05) is 83.0 Å². The van der Waals surface area contributed by atoms with Crippen LogP contribution in [-0.2, 0) is 0 Å². The highest BCUT2D eigenvalue weighted by molar-refractivity contribution is 6.07. The zero-order valence-corrected chi connectivity index (χ0v) is 31.0. The third kappa shape index (κ3) is 5.99. The van der Waals surface area contributed by atoms with Gasteiger partial charge in [0.1, 0.15) is 22.1 Å². The molecule has 0 aliphatic carbocycles. The van der Waals surface area contributed by atoms with Crippen molar-refractivity contribution in [1.29, 1.82) is 0 Å². The fourth-order valence-corrected chi connectivity index (χ4v) is 7.06. The molecule has 0 bridgehead atoms. The number of fused-ring (bicyclic) bond motifs is 5. The lowest BCUT2D eigenvalue weighted by Gasteiger charge is -2.10. The minimum Gasteiger partial charge on any atom is -0.456 e. The summed E-state index contributed by atoms with van der Waals surface area (Å²) in [5.74, 6) is 2.43. The highest BCUT2D eigenvalue weighted by Gasteiger charge is 2.20. The van der Waals surface area contributed by atoms with Gasteiger partial charge in [0.05, 0.1) is 16.2 Å². The van der Waals surface area contributed by atoms with Crippen LogP contribution in [0.3, 0.4) is 0 Å². The molecule has 11 rings (SSSR count). The van der Waals surface area contributed by atoms with Crippen LogP contribution in [0.4, 0.5) is 0 Å². The molecule has 14 nitrogen and oxygen atoms in total. The van der Waals surface area contributed by atoms with Crippen molar-refractivity contribution in [3.63, 3.8) is 0 Å². The highest BCUT2D eigenvalue weighted by Crippen LogP contribution is 2.32. The summed E-state index contributed by atoms with van der Waals surface area (Å²) in [6.45, 7) is 0. The van der Waals surface area contributed by atoms with Crippen LogP contribution in [0, 0.1) is 0 Å². The maximum Gasteiger partial charge on any atom is 0.204 e. The minimum atomic E-state index is -0.381. The van der Waals surface area contributed by atoms with E-state index in [1.807, 2.05) is 48.5 Å². The van der Waals surface area contributed by atoms with Gasteiger partial charge in [0.25, 0.3) is 0 Å². The Morgan fingerprint density at radius 1 is 0.317 bits per heavy atom. The maximum absolute atomic E-state index is 14.5. The van der Waals surface area contributed by atoms with E-state index in [-0.39, 0.29) is 49.2 Å². The van der Waals surface area contributed by atoms with E-state index < -0.39 is 0 Å². The van der Waals surface area contributed by atoms with Crippen molar-refractivity contribution in [3.05, 3.63) is 167 Å². The number of benzene rings is 3. The van der Waals surface area contributed by atoms with Crippen LogP contribution in [0.2, 0.25) is 0 Å². The molecule has 0 N–H and O–H groups in total. The van der Waals surface area contributed by atoms with Crippen molar-refractivity contribution >= 4 is 43.9 Å². The van der Waals surface area contributed by atoms with Crippen molar-refractivity contribution in [2.75, 3.05) is 0 Å². The lowest BCUT2D eigenvalue weighted by Crippen LogP contribution is -2.08. The van der Waals surface area contributed by atoms with Gasteiger partial charge in [-0.15, -0.1) is 0 Å². The first-order chi connectivity index (χ1) is 29.5. The highest BCUT2D eigenvalue weighted by atomic mass is 16.3. The van der Waals surface area contributed by atoms with Crippen molar-refractivity contribution in [2.24, 2.45) is 0 Å². The van der Waals surface area contributed by atoms with Gasteiger partial charge in [0.15, 0.2) is 40.5 Å². The third-order valence-electron chi connectivity index (χ3n) is 10.0. The molecular formula is C46H24N10O4. The van der Waals surface area contributed by atoms with E-state index in [0.29, 0.717) is 51.7 Å². The van der Waals surface area contributed by atoms with Crippen LogP contribution < -0.4 is 10.9 Å². The molecule has 14 heteroatoms. The minimum absolute atomic E-state index is 0.110. The Morgan fingerprint density at radius 2 is 0.667 bits per heavy atom. The third-order valence-corrected chi connectivity index (χ3v) is 10.0. The van der Waals surface area contributed by atoms with E-state index >= 15 is 0 Å². The second-order valence-electron chi connectivity index (χ2n) is 13.7. The van der Waals surface area contributed by atoms with Gasteiger partial charge in [-0.25, -0.2) is 29.9 Å². The molecule has 0 fully saturated rings. The summed E-state index contributed by atoms with van der Waals surface area (Å²) in [7, 11) is 0. The molecule has 11 aromatic rings. The molecule has 0 unspecified atom stereocenters. The number of pyridine rings is 4. The summed E-state index contributed by atoms with van der Waals surface area (Å²) in [5.41, 5.74) is 4.38. The fraction of sp³-hybridized carbons (Fsp3) is 0. The van der Waals surface area contributed by atoms with Crippen LogP contribution in [0.25, 0.3) is 112 Å². The average Bonchev–Trinajstić information content (AvgIpc) is 3.32. The Morgan fingerprint density at radius 3 is 1.08 bits per heavy atom. The van der Waals surface area contributed by atoms with E-state index in [1.54, 1.807) is 98.1 Å². The van der Waals surface area contributed by atoms with Gasteiger partial charge < -0.3 is 8.83 Å². The summed E-state index contributed by atoms with van der Waals surface area (Å²) in [4.78, 5) is 73.9. The zero-order valence-electron chi connectivity index (χ0n) is 31.0. The van der Waals surface area contributed by atoms with Gasteiger partial charge in [-0.2, -0.15) is 0 Å². The molecule has 8 heterocycles. The van der Waals surface area contributed by atoms with E-state index in [4.69, 9.17) is 38.7 Å². The predicted molar refractivity (Wildman–Crippen MR) is 224 cm³/mol. The predicted octanol–water partition coefficient (Wildman–Crippen LogP) is 8.16. The molecule has 3 aromatic carbocycles. The molecule has 0 atom stereocenters. The lowest BCUT2D eigenvalue weighted by atomic mass is 10.0. The van der Waals surface area contributed by atoms with Crippen LogP contribution in [0.15, 0.2) is 165 Å². The number of rotatable bonds is 6. The maximum atomic E-state index is 14.5. The Hall–Kier alpha value is -8.78. The normalized spacial score (nSPS) is 11.5. The summed E-state index contributed by atoms with van der Waals surface area (Å²) in [6.07, 6.45) is 13.3. The number of hydrogen-bond acceptors (Lipinski definition) is 14. The van der Waals surface area contributed by atoms with Crippen LogP contribution in [0.1, 0.15) is 0 Å². The molecule has 0 aliphatic heterocycles. The number of aromatic nitrogens is 10. The molecule has 0 aliphatic rings. The molecule has 282 valence electrons. The number of nitrogens with zero attached hydrogens (tertiary/aromatic N) is 10. The molecule has 0 saturated heterocycles. The Bertz CT molecular complexity index is 3480. The van der Waals surface area contributed by atoms with Gasteiger partial charge in [-0.3, -0.25) is 29.5 Å². The molecular weight excluding hydrogens is 757 g/mol. The Kier molecular flexibility index (Phi) is 8.04. The molecule has 0 saturated carbocycles. The van der Waals surface area contributed by atoms with Crippen molar-refractivity contribution in [2.45, 2.75) is 0 Å². The molecule has 0 radical (unpaired) electrons. The van der Waals surface area contributed by atoms with Crippen molar-refractivity contribution < 1.29 is 8.83 Å². The van der Waals surface area contributed by atoms with Gasteiger partial charge in [-0.1, -0.05) is 0 Å². The number of hydrogen-bond donors (Lipinski definition) is 0. The van der Waals surface area contributed by atoms with E-state index in [9.17, 15) is 9.59 Å². The quantitative estimate of drug-likeness (QED) is 0.116. The summed E-state index contributed by atoms with van der Waals surface area (Å²) in [5, 5.41) is 0.883. The van der Waals surface area contributed by atoms with Crippen molar-refractivity contribution in [3.8, 4) is 68.3 Å². The SMILES string of the molecule is O=c1c2cc(-c3nc(-c4ccncc4)nc(-c4ccncc4)n3)ccc2oc2c1ccc1oc3ccc(-c4nc(-c5ccncc5)nc(-c5ccncc5)n4)cc3c(=O)c12. The Labute approximate surface area is 337 Å². The van der Waals surface area contributed by atoms with Gasteiger partial charge in [-0.05, 0) is 97.1 Å². The van der Waals surface area contributed by atoms with E-state index in [0.717, 1.165) is 22.3 Å². The summed E-state index contributed by atoms with van der Waals surface area (Å²) in [6, 6.07) is 28.0. The fourth-order valence-electron chi connectivity index (χ4n) is 7.06. The van der Waals surface area contributed by atoms with Gasteiger partial charge >= 0.3 is 0 Å². The van der Waals surface area contributed by atoms with Crippen LogP contribution >= 0.6 is 0 Å². The standard InChI is InChI=1S/C46H24N10O4/c57-38-31-3-6-36-37(39(58)33-24-30(1-4-34(33)59-36)46-55-43(27-11-19-49-20-12-27)52-44(56-46)28-13-21-50-22-14-28)40(31)60-35-5-2-29(23-32(35)38)45-53-41(25-7-15-47-16-8-25)51-42(54-45)26-9-17-48-18-10-26/h1-24H. The van der Waals surface area contributed by atoms with E-state index in [1.165, 1.54) is 0 Å². The van der Waals surface area contributed by atoms with E-state index in [2.05, 4.69) is 19.9 Å². The Balaban J connectivity index is 1.06. The first kappa shape index (κ1) is 34.5. The van der Waals surface area contributed by atoms with Crippen LogP contribution in [-0.4, -0.2) is 49.8 Å². The van der Waals surface area contributed by atoms with Crippen molar-refractivity contribution in [1.82, 2.24) is 49.8 Å². The average molecular weight is 781 g/mol. The monoisotopic (exact) mass is 780 g/mol.